The maximum absolute atomic E-state index is 14.6. The van der Waals surface area contributed by atoms with Crippen molar-refractivity contribution in [1.29, 1.82) is 0 Å². The molecule has 1 aromatic heterocycles. The van der Waals surface area contributed by atoms with E-state index in [0.29, 0.717) is 5.82 Å². The zero-order valence-corrected chi connectivity index (χ0v) is 18.5. The van der Waals surface area contributed by atoms with Gasteiger partial charge in [0.25, 0.3) is 0 Å². The summed E-state index contributed by atoms with van der Waals surface area (Å²) in [5.74, 6) is -4.11. The van der Waals surface area contributed by atoms with Crippen molar-refractivity contribution in [2.45, 2.75) is 6.42 Å². The lowest BCUT2D eigenvalue weighted by Gasteiger charge is -2.12. The molecule has 0 aliphatic rings. The number of imidazole rings is 1. The molecule has 11 heteroatoms. The van der Waals surface area contributed by atoms with E-state index in [1.807, 2.05) is 0 Å². The molecule has 5 N–H and O–H groups in total. The Morgan fingerprint density at radius 2 is 1.89 bits per heavy atom. The number of carbonyl (C=O) groups is 2. The second-order valence-electron chi connectivity index (χ2n) is 7.24. The monoisotopic (exact) mass is 484 g/mol. The molecule has 0 unspecified atom stereocenters. The van der Waals surface area contributed by atoms with Gasteiger partial charge in [0.05, 0.1) is 23.4 Å². The number of carboxylic acids is 2. The van der Waals surface area contributed by atoms with Crippen molar-refractivity contribution in [1.82, 2.24) is 9.55 Å². The Kier molecular flexibility index (Phi) is 7.82. The molecule has 0 aliphatic heterocycles. The van der Waals surface area contributed by atoms with E-state index in [1.165, 1.54) is 37.7 Å². The molecule has 2 aromatic carbocycles. The van der Waals surface area contributed by atoms with Crippen LogP contribution in [0.3, 0.4) is 0 Å². The summed E-state index contributed by atoms with van der Waals surface area (Å²) < 4.78 is 35.7. The van der Waals surface area contributed by atoms with Crippen LogP contribution in [0.25, 0.3) is 11.9 Å². The van der Waals surface area contributed by atoms with Gasteiger partial charge in [0, 0.05) is 31.9 Å². The molecule has 0 atom stereocenters. The Morgan fingerprint density at radius 1 is 1.14 bits per heavy atom. The summed E-state index contributed by atoms with van der Waals surface area (Å²) in [6.07, 6.45) is 9.14. The Hall–Kier alpha value is -4.67. The molecule has 0 amide bonds. The fourth-order valence-electron chi connectivity index (χ4n) is 3.22. The second kappa shape index (κ2) is 11.0. The van der Waals surface area contributed by atoms with Gasteiger partial charge in [-0.3, -0.25) is 4.57 Å². The molecule has 0 fully saturated rings. The average Bonchev–Trinajstić information content (AvgIpc) is 3.36. The van der Waals surface area contributed by atoms with Gasteiger partial charge in [-0.25, -0.2) is 23.4 Å². The lowest BCUT2D eigenvalue weighted by atomic mass is 10.0. The van der Waals surface area contributed by atoms with Crippen LogP contribution in [-0.4, -0.2) is 45.4 Å². The van der Waals surface area contributed by atoms with Gasteiger partial charge in [0.15, 0.2) is 11.6 Å². The number of benzene rings is 2. The highest BCUT2D eigenvalue weighted by atomic mass is 19.1. The topological polar surface area (TPSA) is 140 Å². The van der Waals surface area contributed by atoms with Gasteiger partial charge < -0.3 is 26.0 Å². The van der Waals surface area contributed by atoms with Crippen molar-refractivity contribution in [3.05, 3.63) is 89.0 Å². The predicted octanol–water partition coefficient (Wildman–Crippen LogP) is 3.69. The number of nitrogens with zero attached hydrogens (tertiary/aromatic N) is 2. The van der Waals surface area contributed by atoms with E-state index >= 15 is 0 Å². The van der Waals surface area contributed by atoms with E-state index in [1.54, 1.807) is 17.0 Å². The summed E-state index contributed by atoms with van der Waals surface area (Å²) in [6.45, 7) is -0.186. The van der Waals surface area contributed by atoms with Crippen LogP contribution in [0.15, 0.2) is 55.1 Å². The number of nitrogens with one attached hydrogen (secondary N) is 1. The number of aromatic nitrogens is 2. The van der Waals surface area contributed by atoms with Crippen LogP contribution in [0.4, 0.5) is 14.5 Å². The van der Waals surface area contributed by atoms with Crippen molar-refractivity contribution < 1.29 is 33.3 Å². The number of allylic oxidation sites excluding steroid dienone is 2. The van der Waals surface area contributed by atoms with E-state index in [2.05, 4.69) is 10.3 Å². The molecular formula is C24H22F2N4O5. The third-order valence-electron chi connectivity index (χ3n) is 5.00. The highest BCUT2D eigenvalue weighted by Crippen LogP contribution is 2.26. The number of carboxylic acid groups (broad SMARTS) is 2. The molecule has 0 saturated heterocycles. The largest absolute Gasteiger partial charge is 0.490 e. The molecule has 182 valence electrons. The highest BCUT2D eigenvalue weighted by molar-refractivity contribution is 5.95. The van der Waals surface area contributed by atoms with Gasteiger partial charge in [-0.1, -0.05) is 12.2 Å². The molecule has 0 spiro atoms. The van der Waals surface area contributed by atoms with Crippen molar-refractivity contribution in [2.24, 2.45) is 5.73 Å². The fourth-order valence-corrected chi connectivity index (χ4v) is 3.22. The normalized spacial score (nSPS) is 11.6. The number of aromatic carboxylic acids is 2. The molecule has 35 heavy (non-hydrogen) atoms. The Bertz CT molecular complexity index is 1300. The van der Waals surface area contributed by atoms with Crippen molar-refractivity contribution in [2.75, 3.05) is 19.0 Å². The molecule has 0 bridgehead atoms. The molecule has 3 aromatic rings. The Balaban J connectivity index is 1.80. The standard InChI is InChI=1S/C24H22F2N4O5/c1-28-20-12-19(26)21(11-17(20)24(33)34)35-8-5-15-9-14(16(23(31)32)10-18(15)25)3-2-4-22(27)30-7-6-29-13-30/h2-4,6-7,9-13,28H,5,8,27H2,1H3,(H,31,32)(H,33,34)/b3-2+,22-4+. The SMILES string of the molecule is CNc1cc(F)c(OCCc2cc(/C=C/C=C(\N)n3ccnc3)c(C(=O)O)cc2F)cc1C(=O)O. The third kappa shape index (κ3) is 6.02. The number of nitrogens with two attached hydrogens (primary N) is 1. The first-order valence-electron chi connectivity index (χ1n) is 10.3. The number of anilines is 1. The first kappa shape index (κ1) is 25.0. The number of hydrogen-bond acceptors (Lipinski definition) is 6. The first-order chi connectivity index (χ1) is 16.7. The maximum atomic E-state index is 14.6. The zero-order valence-electron chi connectivity index (χ0n) is 18.5. The summed E-state index contributed by atoms with van der Waals surface area (Å²) in [5.41, 5.74) is 5.90. The smallest absolute Gasteiger partial charge is 0.337 e. The van der Waals surface area contributed by atoms with Gasteiger partial charge in [-0.15, -0.1) is 0 Å². The van der Waals surface area contributed by atoms with Crippen LogP contribution in [0.1, 0.15) is 31.8 Å². The quantitative estimate of drug-likeness (QED) is 0.320. The van der Waals surface area contributed by atoms with Crippen LogP contribution in [0, 0.1) is 11.6 Å². The fraction of sp³-hybridized carbons (Fsp3) is 0.125. The van der Waals surface area contributed by atoms with Gasteiger partial charge >= 0.3 is 11.9 Å². The van der Waals surface area contributed by atoms with Crippen LogP contribution in [-0.2, 0) is 6.42 Å². The first-order valence-corrected chi connectivity index (χ1v) is 10.3. The van der Waals surface area contributed by atoms with E-state index in [0.717, 1.165) is 18.2 Å². The molecule has 1 heterocycles. The summed E-state index contributed by atoms with van der Waals surface area (Å²) in [6, 6.07) is 4.28. The van der Waals surface area contributed by atoms with Crippen LogP contribution < -0.4 is 15.8 Å². The number of halogens is 2. The second-order valence-corrected chi connectivity index (χ2v) is 7.24. The average molecular weight is 484 g/mol. The molecule has 9 nitrogen and oxygen atoms in total. The van der Waals surface area contributed by atoms with E-state index in [4.69, 9.17) is 10.5 Å². The Morgan fingerprint density at radius 3 is 2.51 bits per heavy atom. The van der Waals surface area contributed by atoms with Crippen molar-refractivity contribution in [3.63, 3.8) is 0 Å². The van der Waals surface area contributed by atoms with E-state index in [-0.39, 0.29) is 46.7 Å². The van der Waals surface area contributed by atoms with Crippen LogP contribution in [0.5, 0.6) is 5.75 Å². The molecule has 0 aliphatic carbocycles. The van der Waals surface area contributed by atoms with Gasteiger partial charge in [0.1, 0.15) is 18.0 Å². The van der Waals surface area contributed by atoms with Crippen molar-refractivity contribution >= 4 is 29.5 Å². The summed E-state index contributed by atoms with van der Waals surface area (Å²) in [7, 11) is 1.46. The lowest BCUT2D eigenvalue weighted by Crippen LogP contribution is -2.09. The summed E-state index contributed by atoms with van der Waals surface area (Å²) >= 11 is 0. The minimum atomic E-state index is -1.31. The third-order valence-corrected chi connectivity index (χ3v) is 5.00. The molecule has 0 saturated carbocycles. The predicted molar refractivity (Wildman–Crippen MR) is 125 cm³/mol. The minimum absolute atomic E-state index is 0.0325. The maximum Gasteiger partial charge on any atom is 0.337 e. The van der Waals surface area contributed by atoms with Gasteiger partial charge in [-0.2, -0.15) is 0 Å². The minimum Gasteiger partial charge on any atom is -0.490 e. The lowest BCUT2D eigenvalue weighted by molar-refractivity contribution is 0.0685. The number of hydrogen-bond donors (Lipinski definition) is 4. The number of ether oxygens (including phenoxy) is 1. The van der Waals surface area contributed by atoms with Gasteiger partial charge in [0.2, 0.25) is 0 Å². The summed E-state index contributed by atoms with van der Waals surface area (Å²) in [4.78, 5) is 26.8. The molecule has 0 radical (unpaired) electrons. The Labute approximate surface area is 198 Å². The summed E-state index contributed by atoms with van der Waals surface area (Å²) in [5, 5.41) is 21.3. The van der Waals surface area contributed by atoms with Gasteiger partial charge in [-0.05, 0) is 35.4 Å². The van der Waals surface area contributed by atoms with E-state index in [9.17, 15) is 28.6 Å². The van der Waals surface area contributed by atoms with Crippen molar-refractivity contribution in [3.8, 4) is 5.75 Å². The van der Waals surface area contributed by atoms with E-state index < -0.39 is 23.6 Å². The molecule has 3 rings (SSSR count). The van der Waals surface area contributed by atoms with Crippen LogP contribution in [0.2, 0.25) is 0 Å². The van der Waals surface area contributed by atoms with Crippen LogP contribution >= 0.6 is 0 Å². The number of rotatable bonds is 10. The molecular weight excluding hydrogens is 462 g/mol. The highest BCUT2D eigenvalue weighted by Gasteiger charge is 2.17. The zero-order chi connectivity index (χ0) is 25.5.